The summed E-state index contributed by atoms with van der Waals surface area (Å²) >= 11 is 0. The van der Waals surface area contributed by atoms with Gasteiger partial charge in [0, 0.05) is 17.4 Å². The third-order valence-electron chi connectivity index (χ3n) is 1.75. The Kier molecular flexibility index (Phi) is 11.6. The molecule has 0 aliphatic heterocycles. The van der Waals surface area contributed by atoms with Crippen LogP contribution in [-0.2, 0) is 17.4 Å². The molecular weight excluding hydrogens is 148 g/mol. The van der Waals surface area contributed by atoms with Gasteiger partial charge in [0.2, 0.25) is 0 Å². The van der Waals surface area contributed by atoms with Gasteiger partial charge in [0.25, 0.3) is 0 Å². The van der Waals surface area contributed by atoms with Gasteiger partial charge < -0.3 is 0 Å². The van der Waals surface area contributed by atoms with Crippen LogP contribution in [0.3, 0.4) is 0 Å². The normalized spacial score (nSPS) is 12.3. The van der Waals surface area contributed by atoms with Gasteiger partial charge in [0.1, 0.15) is 0 Å². The predicted octanol–water partition coefficient (Wildman–Crippen LogP) is 3.22. The molecule has 0 aromatic rings. The minimum Gasteiger partial charge on any atom is -0.0654 e. The Bertz CT molecular complexity index is 43.8. The van der Waals surface area contributed by atoms with Crippen LogP contribution >= 0.6 is 0 Å². The largest absolute Gasteiger partial charge is 0.0654 e. The van der Waals surface area contributed by atoms with E-state index in [4.69, 9.17) is 0 Å². The second-order valence-corrected chi connectivity index (χ2v) is 2.66. The summed E-state index contributed by atoms with van der Waals surface area (Å²) in [6, 6.07) is 0. The van der Waals surface area contributed by atoms with Crippen LogP contribution in [0.1, 0.15) is 46.5 Å². The van der Waals surface area contributed by atoms with Gasteiger partial charge in [0.15, 0.2) is 0 Å². The maximum atomic E-state index is 2.33. The summed E-state index contributed by atoms with van der Waals surface area (Å²) in [5, 5.41) is 0. The summed E-state index contributed by atoms with van der Waals surface area (Å²) in [6.07, 6.45) is 5.53. The van der Waals surface area contributed by atoms with Crippen LogP contribution in [-0.4, -0.2) is 0 Å². The van der Waals surface area contributed by atoms with Crippen molar-refractivity contribution in [2.75, 3.05) is 0 Å². The van der Waals surface area contributed by atoms with Gasteiger partial charge in [-0.05, 0) is 5.92 Å². The summed E-state index contributed by atoms with van der Waals surface area (Å²) in [6.45, 7) is 6.85. The van der Waals surface area contributed by atoms with E-state index < -0.39 is 0 Å². The van der Waals surface area contributed by atoms with Gasteiger partial charge in [-0.1, -0.05) is 46.5 Å². The molecule has 0 heterocycles. The number of hydrogen-bond acceptors (Lipinski definition) is 0. The zero-order chi connectivity index (χ0) is 6.41. The molecule has 1 unspecified atom stereocenters. The first-order valence-electron chi connectivity index (χ1n) is 3.81. The van der Waals surface area contributed by atoms with Gasteiger partial charge >= 0.3 is 0 Å². The molecule has 0 rings (SSSR count). The van der Waals surface area contributed by atoms with E-state index in [1.807, 2.05) is 0 Å². The van der Waals surface area contributed by atoms with Crippen LogP contribution < -0.4 is 0 Å². The van der Waals surface area contributed by atoms with Crippen LogP contribution in [0.2, 0.25) is 0 Å². The fourth-order valence-corrected chi connectivity index (χ4v) is 0.757. The number of unbranched alkanes of at least 4 members (excludes halogenated alkanes) is 1. The van der Waals surface area contributed by atoms with Crippen molar-refractivity contribution in [1.29, 1.82) is 0 Å². The van der Waals surface area contributed by atoms with Crippen LogP contribution in [0.5, 0.6) is 0 Å². The zero-order valence-electron chi connectivity index (χ0n) is 6.81. The van der Waals surface area contributed by atoms with Gasteiger partial charge in [-0.25, -0.2) is 0 Å². The first-order chi connectivity index (χ1) is 3.81. The molecule has 9 heavy (non-hydrogen) atoms. The average Bonchev–Trinajstić information content (AvgIpc) is 1.83. The standard InChI is InChI=1S/C8H18.Cr/c1-4-6-7-8(3)5-2;/h8H,4-7H2,1-3H3;. The van der Waals surface area contributed by atoms with Crippen molar-refractivity contribution in [3.63, 3.8) is 0 Å². The second kappa shape index (κ2) is 8.53. The molecule has 0 radical (unpaired) electrons. The quantitative estimate of drug-likeness (QED) is 0.601. The summed E-state index contributed by atoms with van der Waals surface area (Å²) in [5.74, 6) is 0.954. The molecule has 0 aromatic carbocycles. The van der Waals surface area contributed by atoms with Crippen LogP contribution in [0.25, 0.3) is 0 Å². The van der Waals surface area contributed by atoms with Crippen LogP contribution in [0, 0.1) is 5.92 Å². The smallest absolute Gasteiger partial charge is 0 e. The summed E-state index contributed by atoms with van der Waals surface area (Å²) in [4.78, 5) is 0. The van der Waals surface area contributed by atoms with Crippen molar-refractivity contribution in [2.45, 2.75) is 46.5 Å². The Balaban J connectivity index is 0. The molecule has 0 saturated carbocycles. The topological polar surface area (TPSA) is 0 Å². The molecule has 0 aliphatic carbocycles. The van der Waals surface area contributed by atoms with Crippen molar-refractivity contribution >= 4 is 0 Å². The summed E-state index contributed by atoms with van der Waals surface area (Å²) < 4.78 is 0. The van der Waals surface area contributed by atoms with Gasteiger partial charge in [-0.2, -0.15) is 0 Å². The minimum atomic E-state index is 0. The van der Waals surface area contributed by atoms with Gasteiger partial charge in [0.05, 0.1) is 0 Å². The summed E-state index contributed by atoms with van der Waals surface area (Å²) in [5.41, 5.74) is 0. The molecule has 0 amide bonds. The molecule has 56 valence electrons. The van der Waals surface area contributed by atoms with Crippen LogP contribution in [0.4, 0.5) is 0 Å². The van der Waals surface area contributed by atoms with Crippen molar-refractivity contribution in [1.82, 2.24) is 0 Å². The molecule has 0 bridgehead atoms. The molecule has 1 atom stereocenters. The molecule has 0 spiro atoms. The molecule has 0 nitrogen and oxygen atoms in total. The monoisotopic (exact) mass is 166 g/mol. The van der Waals surface area contributed by atoms with E-state index in [0.29, 0.717) is 0 Å². The SMILES string of the molecule is CCCCC(C)CC.[Cr]. The van der Waals surface area contributed by atoms with E-state index in [1.165, 1.54) is 25.7 Å². The van der Waals surface area contributed by atoms with Gasteiger partial charge in [-0.3, -0.25) is 0 Å². The fraction of sp³-hybridized carbons (Fsp3) is 1.00. The maximum absolute atomic E-state index is 2.33. The Morgan fingerprint density at radius 2 is 1.78 bits per heavy atom. The van der Waals surface area contributed by atoms with Crippen molar-refractivity contribution < 1.29 is 17.4 Å². The fourth-order valence-electron chi connectivity index (χ4n) is 0.757. The van der Waals surface area contributed by atoms with Crippen LogP contribution in [0.15, 0.2) is 0 Å². The second-order valence-electron chi connectivity index (χ2n) is 2.66. The third-order valence-corrected chi connectivity index (χ3v) is 1.75. The van der Waals surface area contributed by atoms with Gasteiger partial charge in [-0.15, -0.1) is 0 Å². The number of rotatable bonds is 4. The first kappa shape index (κ1) is 12.2. The first-order valence-corrected chi connectivity index (χ1v) is 3.81. The molecule has 1 heteroatoms. The molecule has 0 saturated heterocycles. The van der Waals surface area contributed by atoms with E-state index in [0.717, 1.165) is 5.92 Å². The van der Waals surface area contributed by atoms with Crippen molar-refractivity contribution in [2.24, 2.45) is 5.92 Å². The van der Waals surface area contributed by atoms with Crippen molar-refractivity contribution in [3.05, 3.63) is 0 Å². The van der Waals surface area contributed by atoms with E-state index in [-0.39, 0.29) is 17.4 Å². The van der Waals surface area contributed by atoms with Crippen molar-refractivity contribution in [3.8, 4) is 0 Å². The Hall–Kier alpha value is 0.532. The van der Waals surface area contributed by atoms with E-state index in [1.54, 1.807) is 0 Å². The molecular formula is C8H18Cr. The average molecular weight is 166 g/mol. The summed E-state index contributed by atoms with van der Waals surface area (Å²) in [7, 11) is 0. The number of hydrogen-bond donors (Lipinski definition) is 0. The third kappa shape index (κ3) is 8.53. The Labute approximate surface area is 70.2 Å². The molecule has 0 N–H and O–H groups in total. The van der Waals surface area contributed by atoms with E-state index in [9.17, 15) is 0 Å². The van der Waals surface area contributed by atoms with E-state index >= 15 is 0 Å². The maximum Gasteiger partial charge on any atom is 0 e. The minimum absolute atomic E-state index is 0. The molecule has 0 fully saturated rings. The molecule has 0 aliphatic rings. The Morgan fingerprint density at radius 3 is 2.11 bits per heavy atom. The molecule has 0 aromatic heterocycles. The Morgan fingerprint density at radius 1 is 1.22 bits per heavy atom. The van der Waals surface area contributed by atoms with E-state index in [2.05, 4.69) is 20.8 Å². The predicted molar refractivity (Wildman–Crippen MR) is 39.0 cm³/mol. The zero-order valence-corrected chi connectivity index (χ0v) is 8.09.